The van der Waals surface area contributed by atoms with Crippen LogP contribution in [0.1, 0.15) is 5.56 Å². The fraction of sp³-hybridized carbons (Fsp3) is 0.0588. The van der Waals surface area contributed by atoms with Gasteiger partial charge in [-0.05, 0) is 24.3 Å². The number of allylic oxidation sites excluding steroid dienone is 1. The molecule has 0 fully saturated rings. The van der Waals surface area contributed by atoms with E-state index in [0.29, 0.717) is 5.88 Å². The molecule has 3 aromatic rings. The first-order valence-electron chi connectivity index (χ1n) is 6.66. The summed E-state index contributed by atoms with van der Waals surface area (Å²) in [5, 5.41) is 4.70. The molecule has 3 nitrogen and oxygen atoms in total. The molecule has 21 heavy (non-hydrogen) atoms. The van der Waals surface area contributed by atoms with Gasteiger partial charge < -0.3 is 0 Å². The second-order valence-electron chi connectivity index (χ2n) is 4.51. The third-order valence-corrected chi connectivity index (χ3v) is 3.28. The number of hydrogen-bond acceptors (Lipinski definition) is 2. The molecule has 0 spiro atoms. The largest absolute Gasteiger partial charge is 0.265 e. The Labute approximate surface area is 128 Å². The molecule has 0 unspecified atom stereocenters. The fourth-order valence-electron chi connectivity index (χ4n) is 2.13. The standard InChI is InChI=1S/C17H14ClN3/c18-10-4-5-15-13-21(16-6-2-1-3-7-16)20-17(15)14-8-11-19-12-9-14/h1-9,11-13H,10H2. The highest BCUT2D eigenvalue weighted by molar-refractivity contribution is 6.19. The third-order valence-electron chi connectivity index (χ3n) is 3.10. The summed E-state index contributed by atoms with van der Waals surface area (Å²) in [6.45, 7) is 0. The number of pyridine rings is 1. The fourth-order valence-corrected chi connectivity index (χ4v) is 2.22. The minimum Gasteiger partial charge on any atom is -0.265 e. The Hall–Kier alpha value is -2.39. The van der Waals surface area contributed by atoms with E-state index >= 15 is 0 Å². The number of halogens is 1. The van der Waals surface area contributed by atoms with Gasteiger partial charge >= 0.3 is 0 Å². The van der Waals surface area contributed by atoms with Crippen molar-refractivity contribution in [2.75, 3.05) is 5.88 Å². The summed E-state index contributed by atoms with van der Waals surface area (Å²) >= 11 is 5.75. The lowest BCUT2D eigenvalue weighted by Crippen LogP contribution is -1.93. The van der Waals surface area contributed by atoms with Crippen LogP contribution >= 0.6 is 11.6 Å². The van der Waals surface area contributed by atoms with E-state index in [4.69, 9.17) is 16.7 Å². The Morgan fingerprint density at radius 3 is 2.52 bits per heavy atom. The summed E-state index contributed by atoms with van der Waals surface area (Å²) < 4.78 is 1.88. The van der Waals surface area contributed by atoms with E-state index in [1.807, 2.05) is 65.5 Å². The van der Waals surface area contributed by atoms with Gasteiger partial charge in [0.05, 0.1) is 5.69 Å². The summed E-state index contributed by atoms with van der Waals surface area (Å²) in [5.41, 5.74) is 4.01. The monoisotopic (exact) mass is 295 g/mol. The predicted molar refractivity (Wildman–Crippen MR) is 86.5 cm³/mol. The van der Waals surface area contributed by atoms with Crippen molar-refractivity contribution in [2.24, 2.45) is 0 Å². The highest BCUT2D eigenvalue weighted by Crippen LogP contribution is 2.24. The molecule has 0 saturated heterocycles. The molecule has 2 heterocycles. The van der Waals surface area contributed by atoms with E-state index in [1.165, 1.54) is 0 Å². The van der Waals surface area contributed by atoms with Gasteiger partial charge in [0.15, 0.2) is 0 Å². The summed E-state index contributed by atoms with van der Waals surface area (Å²) in [6.07, 6.45) is 9.46. The van der Waals surface area contributed by atoms with Gasteiger partial charge in [0.25, 0.3) is 0 Å². The topological polar surface area (TPSA) is 30.7 Å². The lowest BCUT2D eigenvalue weighted by Gasteiger charge is -2.00. The molecule has 0 atom stereocenters. The first-order chi connectivity index (χ1) is 10.4. The first-order valence-corrected chi connectivity index (χ1v) is 7.20. The Bertz CT molecular complexity index is 733. The third kappa shape index (κ3) is 3.03. The molecule has 0 amide bonds. The smallest absolute Gasteiger partial charge is 0.100 e. The average molecular weight is 296 g/mol. The zero-order chi connectivity index (χ0) is 14.5. The normalized spacial score (nSPS) is 11.1. The molecule has 0 N–H and O–H groups in total. The van der Waals surface area contributed by atoms with E-state index in [2.05, 4.69) is 4.98 Å². The summed E-state index contributed by atoms with van der Waals surface area (Å²) in [5.74, 6) is 0.478. The molecule has 2 aromatic heterocycles. The quantitative estimate of drug-likeness (QED) is 0.676. The minimum atomic E-state index is 0.478. The van der Waals surface area contributed by atoms with Crippen LogP contribution in [0.15, 0.2) is 67.1 Å². The molecule has 4 heteroatoms. The predicted octanol–water partition coefficient (Wildman–Crippen LogP) is 4.19. The Morgan fingerprint density at radius 2 is 1.81 bits per heavy atom. The lowest BCUT2D eigenvalue weighted by atomic mass is 10.1. The van der Waals surface area contributed by atoms with Crippen LogP contribution in [0.2, 0.25) is 0 Å². The number of hydrogen-bond donors (Lipinski definition) is 0. The van der Waals surface area contributed by atoms with Crippen LogP contribution in [-0.2, 0) is 0 Å². The molecule has 0 aliphatic heterocycles. The van der Waals surface area contributed by atoms with Crippen LogP contribution < -0.4 is 0 Å². The van der Waals surface area contributed by atoms with Crippen molar-refractivity contribution < 1.29 is 0 Å². The van der Waals surface area contributed by atoms with Crippen molar-refractivity contribution in [1.29, 1.82) is 0 Å². The maximum absolute atomic E-state index is 5.75. The van der Waals surface area contributed by atoms with Crippen LogP contribution in [0.4, 0.5) is 0 Å². The molecule has 104 valence electrons. The van der Waals surface area contributed by atoms with E-state index in [1.54, 1.807) is 12.4 Å². The molecule has 0 radical (unpaired) electrons. The second-order valence-corrected chi connectivity index (χ2v) is 4.81. The number of benzene rings is 1. The van der Waals surface area contributed by atoms with E-state index in [-0.39, 0.29) is 0 Å². The van der Waals surface area contributed by atoms with Crippen molar-refractivity contribution in [1.82, 2.24) is 14.8 Å². The molecular weight excluding hydrogens is 282 g/mol. The molecular formula is C17H14ClN3. The van der Waals surface area contributed by atoms with Crippen LogP contribution in [0, 0.1) is 0 Å². The van der Waals surface area contributed by atoms with Crippen LogP contribution in [0.3, 0.4) is 0 Å². The zero-order valence-electron chi connectivity index (χ0n) is 11.4. The van der Waals surface area contributed by atoms with Crippen LogP contribution in [0.25, 0.3) is 23.0 Å². The number of nitrogens with zero attached hydrogens (tertiary/aromatic N) is 3. The van der Waals surface area contributed by atoms with Gasteiger partial charge in [0, 0.05) is 35.6 Å². The minimum absolute atomic E-state index is 0.478. The van der Waals surface area contributed by atoms with Crippen molar-refractivity contribution >= 4 is 17.7 Å². The Morgan fingerprint density at radius 1 is 1.05 bits per heavy atom. The van der Waals surface area contributed by atoms with Gasteiger partial charge in [-0.25, -0.2) is 4.68 Å². The summed E-state index contributed by atoms with van der Waals surface area (Å²) in [6, 6.07) is 13.9. The van der Waals surface area contributed by atoms with E-state index in [0.717, 1.165) is 22.5 Å². The van der Waals surface area contributed by atoms with Gasteiger partial charge in [0.1, 0.15) is 5.69 Å². The number of rotatable bonds is 4. The number of para-hydroxylation sites is 1. The SMILES string of the molecule is ClCC=Cc1cn(-c2ccccc2)nc1-c1ccncc1. The summed E-state index contributed by atoms with van der Waals surface area (Å²) in [4.78, 5) is 4.05. The number of aromatic nitrogens is 3. The highest BCUT2D eigenvalue weighted by atomic mass is 35.5. The molecule has 0 saturated carbocycles. The average Bonchev–Trinajstić information content (AvgIpc) is 2.99. The Balaban J connectivity index is 2.10. The van der Waals surface area contributed by atoms with Crippen LogP contribution in [0.5, 0.6) is 0 Å². The second kappa shape index (κ2) is 6.37. The molecule has 1 aromatic carbocycles. The summed E-state index contributed by atoms with van der Waals surface area (Å²) in [7, 11) is 0. The van der Waals surface area contributed by atoms with Gasteiger partial charge in [-0.15, -0.1) is 11.6 Å². The van der Waals surface area contributed by atoms with Crippen molar-refractivity contribution in [2.45, 2.75) is 0 Å². The van der Waals surface area contributed by atoms with E-state index < -0.39 is 0 Å². The van der Waals surface area contributed by atoms with Crippen molar-refractivity contribution in [3.8, 4) is 16.9 Å². The van der Waals surface area contributed by atoms with Crippen molar-refractivity contribution in [3.05, 3.63) is 72.7 Å². The van der Waals surface area contributed by atoms with E-state index in [9.17, 15) is 0 Å². The van der Waals surface area contributed by atoms with Gasteiger partial charge in [-0.3, -0.25) is 4.98 Å². The lowest BCUT2D eigenvalue weighted by molar-refractivity contribution is 0.884. The maximum Gasteiger partial charge on any atom is 0.100 e. The first kappa shape index (κ1) is 13.6. The maximum atomic E-state index is 5.75. The molecule has 0 aliphatic rings. The van der Waals surface area contributed by atoms with Gasteiger partial charge in [0.2, 0.25) is 0 Å². The number of alkyl halides is 1. The molecule has 0 aliphatic carbocycles. The molecule has 0 bridgehead atoms. The van der Waals surface area contributed by atoms with Crippen LogP contribution in [-0.4, -0.2) is 20.6 Å². The Kier molecular flexibility index (Phi) is 4.12. The molecule has 3 rings (SSSR count). The zero-order valence-corrected chi connectivity index (χ0v) is 12.1. The highest BCUT2D eigenvalue weighted by Gasteiger charge is 2.09. The van der Waals surface area contributed by atoms with Gasteiger partial charge in [-0.2, -0.15) is 5.10 Å². The van der Waals surface area contributed by atoms with Gasteiger partial charge in [-0.1, -0.05) is 30.4 Å². The van der Waals surface area contributed by atoms with Crippen molar-refractivity contribution in [3.63, 3.8) is 0 Å².